The van der Waals surface area contributed by atoms with Crippen LogP contribution in [0.4, 0.5) is 0 Å². The van der Waals surface area contributed by atoms with Gasteiger partial charge in [0.25, 0.3) is 0 Å². The third-order valence-corrected chi connectivity index (χ3v) is 3.90. The van der Waals surface area contributed by atoms with Crippen LogP contribution in [0.3, 0.4) is 0 Å². The number of aliphatic carboxylic acids is 1. The molecule has 112 valence electrons. The van der Waals surface area contributed by atoms with E-state index < -0.39 is 11.9 Å². The van der Waals surface area contributed by atoms with E-state index in [4.69, 9.17) is 0 Å². The molecule has 2 unspecified atom stereocenters. The van der Waals surface area contributed by atoms with E-state index >= 15 is 0 Å². The lowest BCUT2D eigenvalue weighted by Gasteiger charge is -2.28. The van der Waals surface area contributed by atoms with Crippen LogP contribution in [-0.2, 0) is 9.59 Å². The summed E-state index contributed by atoms with van der Waals surface area (Å²) >= 11 is 0. The molecule has 1 fully saturated rings. The topological polar surface area (TPSA) is 70.5 Å². The third kappa shape index (κ3) is 2.70. The quantitative estimate of drug-likeness (QED) is 0.938. The maximum absolute atomic E-state index is 12.3. The van der Waals surface area contributed by atoms with Crippen LogP contribution in [0.25, 0.3) is 0 Å². The second kappa shape index (κ2) is 5.97. The zero-order chi connectivity index (χ0) is 15.5. The Bertz CT molecular complexity index is 633. The molecule has 1 aromatic carbocycles. The lowest BCUT2D eigenvalue weighted by Crippen LogP contribution is -2.32. The highest BCUT2D eigenvalue weighted by molar-refractivity contribution is 5.86. The highest BCUT2D eigenvalue weighted by Gasteiger charge is 2.39. The summed E-state index contributed by atoms with van der Waals surface area (Å²) in [6.07, 6.45) is 1.73. The summed E-state index contributed by atoms with van der Waals surface area (Å²) in [6.45, 7) is 0.213. The first-order chi connectivity index (χ1) is 10.7. The molecule has 5 heteroatoms. The SMILES string of the molecule is O=C(O)C1CC(=O)N(C(c2ccccc2)c2ccccn2)C1. The van der Waals surface area contributed by atoms with Crippen LogP contribution in [0, 0.1) is 5.92 Å². The molecule has 0 bridgehead atoms. The lowest BCUT2D eigenvalue weighted by atomic mass is 10.0. The highest BCUT2D eigenvalue weighted by atomic mass is 16.4. The number of nitrogens with zero attached hydrogens (tertiary/aromatic N) is 2. The van der Waals surface area contributed by atoms with Gasteiger partial charge in [-0.05, 0) is 17.7 Å². The minimum Gasteiger partial charge on any atom is -0.481 e. The molecule has 1 aliphatic rings. The van der Waals surface area contributed by atoms with Gasteiger partial charge in [0.2, 0.25) is 5.91 Å². The van der Waals surface area contributed by atoms with E-state index in [1.54, 1.807) is 11.1 Å². The predicted molar refractivity (Wildman–Crippen MR) is 80.0 cm³/mol. The van der Waals surface area contributed by atoms with Gasteiger partial charge in [-0.15, -0.1) is 0 Å². The fraction of sp³-hybridized carbons (Fsp3) is 0.235. The van der Waals surface area contributed by atoms with E-state index in [9.17, 15) is 14.7 Å². The molecule has 1 aromatic heterocycles. The van der Waals surface area contributed by atoms with E-state index in [1.807, 2.05) is 48.5 Å². The van der Waals surface area contributed by atoms with Crippen LogP contribution in [0.1, 0.15) is 23.7 Å². The van der Waals surface area contributed by atoms with E-state index in [0.29, 0.717) is 0 Å². The number of carboxylic acid groups (broad SMARTS) is 1. The lowest BCUT2D eigenvalue weighted by molar-refractivity contribution is -0.141. The average Bonchev–Trinajstić information content (AvgIpc) is 2.92. The second-order valence-corrected chi connectivity index (χ2v) is 5.35. The van der Waals surface area contributed by atoms with Crippen LogP contribution >= 0.6 is 0 Å². The van der Waals surface area contributed by atoms with Crippen molar-refractivity contribution in [2.75, 3.05) is 6.54 Å². The molecule has 5 nitrogen and oxygen atoms in total. The number of rotatable bonds is 4. The van der Waals surface area contributed by atoms with Crippen molar-refractivity contribution < 1.29 is 14.7 Å². The number of amides is 1. The normalized spacial score (nSPS) is 19.2. The van der Waals surface area contributed by atoms with Crippen molar-refractivity contribution in [2.24, 2.45) is 5.92 Å². The number of hydrogen-bond donors (Lipinski definition) is 1. The summed E-state index contributed by atoms with van der Waals surface area (Å²) in [5, 5.41) is 9.18. The van der Waals surface area contributed by atoms with Gasteiger partial charge in [0.15, 0.2) is 0 Å². The number of pyridine rings is 1. The Balaban J connectivity index is 2.00. The van der Waals surface area contributed by atoms with Gasteiger partial charge in [0, 0.05) is 19.2 Å². The predicted octanol–water partition coefficient (Wildman–Crippen LogP) is 2.10. The first-order valence-electron chi connectivity index (χ1n) is 7.15. The van der Waals surface area contributed by atoms with Crippen molar-refractivity contribution in [3.05, 3.63) is 66.0 Å². The third-order valence-electron chi connectivity index (χ3n) is 3.90. The van der Waals surface area contributed by atoms with Crippen LogP contribution in [-0.4, -0.2) is 33.4 Å². The van der Waals surface area contributed by atoms with Crippen LogP contribution in [0.15, 0.2) is 54.7 Å². The Morgan fingerprint density at radius 1 is 1.18 bits per heavy atom. The molecule has 0 saturated carbocycles. The molecule has 0 spiro atoms. The van der Waals surface area contributed by atoms with Crippen LogP contribution in [0.5, 0.6) is 0 Å². The molecular weight excluding hydrogens is 280 g/mol. The molecule has 2 aromatic rings. The van der Waals surface area contributed by atoms with Gasteiger partial charge in [-0.1, -0.05) is 36.4 Å². The molecule has 1 amide bonds. The Morgan fingerprint density at radius 3 is 2.50 bits per heavy atom. The molecule has 1 aliphatic heterocycles. The summed E-state index contributed by atoms with van der Waals surface area (Å²) in [7, 11) is 0. The summed E-state index contributed by atoms with van der Waals surface area (Å²) in [5.41, 5.74) is 1.67. The van der Waals surface area contributed by atoms with Gasteiger partial charge in [-0.25, -0.2) is 0 Å². The van der Waals surface area contributed by atoms with Gasteiger partial charge in [-0.2, -0.15) is 0 Å². The number of carboxylic acids is 1. The number of hydrogen-bond acceptors (Lipinski definition) is 3. The zero-order valence-corrected chi connectivity index (χ0v) is 11.9. The minimum atomic E-state index is -0.927. The van der Waals surface area contributed by atoms with Crippen LogP contribution < -0.4 is 0 Å². The van der Waals surface area contributed by atoms with Crippen molar-refractivity contribution >= 4 is 11.9 Å². The molecule has 0 radical (unpaired) electrons. The fourth-order valence-electron chi connectivity index (χ4n) is 2.83. The average molecular weight is 296 g/mol. The maximum Gasteiger partial charge on any atom is 0.308 e. The van der Waals surface area contributed by atoms with Crippen molar-refractivity contribution in [2.45, 2.75) is 12.5 Å². The standard InChI is InChI=1S/C17H16N2O3/c20-15-10-13(17(21)22)11-19(15)16(12-6-2-1-3-7-12)14-8-4-5-9-18-14/h1-9,13,16H,10-11H2,(H,21,22). The number of aromatic nitrogens is 1. The van der Waals surface area contributed by atoms with E-state index in [0.717, 1.165) is 11.3 Å². The van der Waals surface area contributed by atoms with Gasteiger partial charge in [0.05, 0.1) is 17.7 Å². The van der Waals surface area contributed by atoms with Gasteiger partial charge in [-0.3, -0.25) is 14.6 Å². The molecule has 22 heavy (non-hydrogen) atoms. The summed E-state index contributed by atoms with van der Waals surface area (Å²) in [6, 6.07) is 14.8. The van der Waals surface area contributed by atoms with Crippen molar-refractivity contribution in [1.82, 2.24) is 9.88 Å². The summed E-state index contributed by atoms with van der Waals surface area (Å²) in [5.74, 6) is -1.72. The van der Waals surface area contributed by atoms with Crippen molar-refractivity contribution in [3.8, 4) is 0 Å². The van der Waals surface area contributed by atoms with Gasteiger partial charge in [0.1, 0.15) is 0 Å². The van der Waals surface area contributed by atoms with E-state index in [2.05, 4.69) is 4.98 Å². The van der Waals surface area contributed by atoms with Crippen molar-refractivity contribution in [3.63, 3.8) is 0 Å². The molecule has 3 rings (SSSR count). The largest absolute Gasteiger partial charge is 0.481 e. The number of benzene rings is 1. The molecule has 2 atom stereocenters. The van der Waals surface area contributed by atoms with E-state index in [1.165, 1.54) is 0 Å². The van der Waals surface area contributed by atoms with E-state index in [-0.39, 0.29) is 24.9 Å². The smallest absolute Gasteiger partial charge is 0.308 e. The monoisotopic (exact) mass is 296 g/mol. The first-order valence-corrected chi connectivity index (χ1v) is 7.15. The summed E-state index contributed by atoms with van der Waals surface area (Å²) in [4.78, 5) is 29.5. The number of carbonyl (C=O) groups excluding carboxylic acids is 1. The fourth-order valence-corrected chi connectivity index (χ4v) is 2.83. The molecule has 0 aliphatic carbocycles. The van der Waals surface area contributed by atoms with Gasteiger partial charge < -0.3 is 10.0 Å². The van der Waals surface area contributed by atoms with Crippen molar-refractivity contribution in [1.29, 1.82) is 0 Å². The Labute approximate surface area is 128 Å². The highest BCUT2D eigenvalue weighted by Crippen LogP contribution is 2.32. The molecule has 1 N–H and O–H groups in total. The Hall–Kier alpha value is -2.69. The number of carbonyl (C=O) groups is 2. The maximum atomic E-state index is 12.3. The molecule has 1 saturated heterocycles. The first kappa shape index (κ1) is 14.3. The minimum absolute atomic E-state index is 0.0471. The number of likely N-dealkylation sites (tertiary alicyclic amines) is 1. The van der Waals surface area contributed by atoms with Crippen LogP contribution in [0.2, 0.25) is 0 Å². The molecule has 2 heterocycles. The molecular formula is C17H16N2O3. The zero-order valence-electron chi connectivity index (χ0n) is 11.9. The second-order valence-electron chi connectivity index (χ2n) is 5.35. The van der Waals surface area contributed by atoms with Gasteiger partial charge >= 0.3 is 5.97 Å². The Kier molecular flexibility index (Phi) is 3.87. The Morgan fingerprint density at radius 2 is 1.91 bits per heavy atom. The summed E-state index contributed by atoms with van der Waals surface area (Å²) < 4.78 is 0.